The zero-order valence-electron chi connectivity index (χ0n) is 15.2. The molecule has 0 atom stereocenters. The van der Waals surface area contributed by atoms with Crippen molar-refractivity contribution in [3.05, 3.63) is 83.9 Å². The van der Waals surface area contributed by atoms with Crippen molar-refractivity contribution < 1.29 is 13.9 Å². The molecule has 1 N–H and O–H groups in total. The minimum atomic E-state index is -0.178. The zero-order chi connectivity index (χ0) is 19.3. The summed E-state index contributed by atoms with van der Waals surface area (Å²) in [5, 5.41) is 3.51. The van der Waals surface area contributed by atoms with Gasteiger partial charge in [0.2, 0.25) is 0 Å². The Hall–Kier alpha value is -3.25. The van der Waals surface area contributed by atoms with Gasteiger partial charge in [-0.05, 0) is 42.0 Å². The van der Waals surface area contributed by atoms with Crippen LogP contribution in [0.2, 0.25) is 0 Å². The van der Waals surface area contributed by atoms with Crippen molar-refractivity contribution in [1.82, 2.24) is 4.98 Å². The van der Waals surface area contributed by atoms with E-state index in [9.17, 15) is 4.79 Å². The first kappa shape index (κ1) is 18.1. The van der Waals surface area contributed by atoms with Crippen LogP contribution in [0, 0.1) is 0 Å². The number of nitrogens with zero attached hydrogens (tertiary/aromatic N) is 1. The molecular formula is C22H18N2O3S. The first-order valence-corrected chi connectivity index (χ1v) is 9.73. The normalized spacial score (nSPS) is 10.8. The molecule has 0 aliphatic rings. The number of rotatable bonds is 6. The van der Waals surface area contributed by atoms with Gasteiger partial charge in [0.15, 0.2) is 5.58 Å². The second-order valence-corrected chi connectivity index (χ2v) is 7.01. The third-order valence-electron chi connectivity index (χ3n) is 4.21. The van der Waals surface area contributed by atoms with Gasteiger partial charge in [0.25, 0.3) is 11.1 Å². The number of anilines is 1. The number of thioether (sulfide) groups is 1. The molecule has 0 aliphatic heterocycles. The number of aromatic nitrogens is 1. The van der Waals surface area contributed by atoms with E-state index in [-0.39, 0.29) is 5.91 Å². The maximum Gasteiger partial charge on any atom is 0.257 e. The van der Waals surface area contributed by atoms with Gasteiger partial charge in [-0.25, -0.2) is 4.98 Å². The molecule has 1 amide bonds. The maximum absolute atomic E-state index is 12.5. The summed E-state index contributed by atoms with van der Waals surface area (Å²) in [4.78, 5) is 16.9. The van der Waals surface area contributed by atoms with Gasteiger partial charge in [-0.2, -0.15) is 0 Å². The highest BCUT2D eigenvalue weighted by molar-refractivity contribution is 7.98. The van der Waals surface area contributed by atoms with E-state index in [0.29, 0.717) is 28.0 Å². The summed E-state index contributed by atoms with van der Waals surface area (Å²) >= 11 is 1.53. The fraction of sp³-hybridized carbons (Fsp3) is 0.0909. The number of carbonyl (C=O) groups is 1. The van der Waals surface area contributed by atoms with Crippen LogP contribution >= 0.6 is 11.8 Å². The highest BCUT2D eigenvalue weighted by atomic mass is 32.2. The van der Waals surface area contributed by atoms with Gasteiger partial charge in [-0.1, -0.05) is 48.2 Å². The monoisotopic (exact) mass is 390 g/mol. The summed E-state index contributed by atoms with van der Waals surface area (Å²) in [5.41, 5.74) is 3.95. The van der Waals surface area contributed by atoms with E-state index in [2.05, 4.69) is 10.3 Å². The number of nitrogens with one attached hydrogen (secondary N) is 1. The van der Waals surface area contributed by atoms with Crippen LogP contribution in [0.4, 0.5) is 5.69 Å². The van der Waals surface area contributed by atoms with Crippen molar-refractivity contribution >= 4 is 34.5 Å². The number of methoxy groups -OCH3 is 1. The molecule has 0 bridgehead atoms. The Kier molecular flexibility index (Phi) is 5.30. The molecule has 0 spiro atoms. The molecular weight excluding hydrogens is 372 g/mol. The Morgan fingerprint density at radius 2 is 1.79 bits per heavy atom. The minimum absolute atomic E-state index is 0.178. The van der Waals surface area contributed by atoms with Crippen molar-refractivity contribution in [1.29, 1.82) is 0 Å². The highest BCUT2D eigenvalue weighted by Crippen LogP contribution is 2.27. The van der Waals surface area contributed by atoms with Crippen LogP contribution in [0.5, 0.6) is 5.75 Å². The van der Waals surface area contributed by atoms with Crippen molar-refractivity contribution in [2.75, 3.05) is 12.4 Å². The Morgan fingerprint density at radius 3 is 2.57 bits per heavy atom. The Labute approximate surface area is 166 Å². The van der Waals surface area contributed by atoms with E-state index in [1.54, 1.807) is 7.11 Å². The number of benzene rings is 3. The summed E-state index contributed by atoms with van der Waals surface area (Å²) in [6.07, 6.45) is 0. The maximum atomic E-state index is 12.5. The van der Waals surface area contributed by atoms with E-state index >= 15 is 0 Å². The number of ether oxygens (including phenoxy) is 1. The topological polar surface area (TPSA) is 64.4 Å². The van der Waals surface area contributed by atoms with Crippen LogP contribution in [0.1, 0.15) is 15.9 Å². The summed E-state index contributed by atoms with van der Waals surface area (Å²) < 4.78 is 11.0. The molecule has 0 fully saturated rings. The highest BCUT2D eigenvalue weighted by Gasteiger charge is 2.10. The van der Waals surface area contributed by atoms with Crippen LogP contribution in [0.25, 0.3) is 11.1 Å². The van der Waals surface area contributed by atoms with Crippen LogP contribution in [-0.2, 0) is 5.75 Å². The van der Waals surface area contributed by atoms with E-state index in [0.717, 1.165) is 16.7 Å². The van der Waals surface area contributed by atoms with Crippen LogP contribution in [0.3, 0.4) is 0 Å². The molecule has 0 unspecified atom stereocenters. The summed E-state index contributed by atoms with van der Waals surface area (Å²) in [6.45, 7) is 0. The quantitative estimate of drug-likeness (QED) is 0.448. The van der Waals surface area contributed by atoms with Crippen LogP contribution < -0.4 is 10.1 Å². The van der Waals surface area contributed by atoms with Crippen molar-refractivity contribution in [2.45, 2.75) is 11.0 Å². The number of fused-ring (bicyclic) bond motifs is 1. The Morgan fingerprint density at radius 1 is 1.04 bits per heavy atom. The van der Waals surface area contributed by atoms with Gasteiger partial charge < -0.3 is 14.5 Å². The summed E-state index contributed by atoms with van der Waals surface area (Å²) in [7, 11) is 1.58. The lowest BCUT2D eigenvalue weighted by molar-refractivity contribution is 0.102. The standard InChI is InChI=1S/C22H18N2O3S/c1-26-19-8-4-2-6-17(19)23-21(25)16-12-10-15(11-13-16)14-28-22-24-18-7-3-5-9-20(18)27-22/h2-13H,14H2,1H3,(H,23,25). The first-order chi connectivity index (χ1) is 13.7. The molecule has 0 aliphatic carbocycles. The predicted octanol–water partition coefficient (Wildman–Crippen LogP) is 5.38. The molecule has 0 saturated carbocycles. The number of carbonyl (C=O) groups excluding carboxylic acids is 1. The molecule has 1 aromatic heterocycles. The summed E-state index contributed by atoms with van der Waals surface area (Å²) in [6, 6.07) is 22.5. The van der Waals surface area contributed by atoms with Crippen molar-refractivity contribution in [2.24, 2.45) is 0 Å². The Balaban J connectivity index is 1.39. The van der Waals surface area contributed by atoms with E-state index in [1.807, 2.05) is 72.8 Å². The van der Waals surface area contributed by atoms with Gasteiger partial charge in [0, 0.05) is 11.3 Å². The average molecular weight is 390 g/mol. The third kappa shape index (κ3) is 4.02. The summed E-state index contributed by atoms with van der Waals surface area (Å²) in [5.74, 6) is 1.16. The molecule has 6 heteroatoms. The molecule has 3 aromatic carbocycles. The first-order valence-electron chi connectivity index (χ1n) is 8.74. The smallest absolute Gasteiger partial charge is 0.257 e. The minimum Gasteiger partial charge on any atom is -0.495 e. The van der Waals surface area contributed by atoms with Crippen LogP contribution in [0.15, 0.2) is 82.4 Å². The van der Waals surface area contributed by atoms with E-state index < -0.39 is 0 Å². The zero-order valence-corrected chi connectivity index (χ0v) is 16.0. The number of para-hydroxylation sites is 4. The second kappa shape index (κ2) is 8.19. The molecule has 1 heterocycles. The predicted molar refractivity (Wildman–Crippen MR) is 111 cm³/mol. The van der Waals surface area contributed by atoms with Gasteiger partial charge in [-0.15, -0.1) is 0 Å². The molecule has 4 aromatic rings. The van der Waals surface area contributed by atoms with Crippen LogP contribution in [-0.4, -0.2) is 18.0 Å². The number of oxazole rings is 1. The Bertz CT molecular complexity index is 1070. The second-order valence-electron chi connectivity index (χ2n) is 6.09. The number of amides is 1. The molecule has 0 radical (unpaired) electrons. The van der Waals surface area contributed by atoms with Crippen molar-refractivity contribution in [3.63, 3.8) is 0 Å². The van der Waals surface area contributed by atoms with E-state index in [1.165, 1.54) is 11.8 Å². The van der Waals surface area contributed by atoms with Gasteiger partial charge in [0.1, 0.15) is 11.3 Å². The van der Waals surface area contributed by atoms with Gasteiger partial charge >= 0.3 is 0 Å². The fourth-order valence-corrected chi connectivity index (χ4v) is 3.55. The fourth-order valence-electron chi connectivity index (χ4n) is 2.75. The molecule has 4 rings (SSSR count). The lowest BCUT2D eigenvalue weighted by atomic mass is 10.1. The third-order valence-corrected chi connectivity index (χ3v) is 5.11. The van der Waals surface area contributed by atoms with Gasteiger partial charge in [0.05, 0.1) is 12.8 Å². The molecule has 28 heavy (non-hydrogen) atoms. The lowest BCUT2D eigenvalue weighted by Gasteiger charge is -2.10. The van der Waals surface area contributed by atoms with Crippen molar-refractivity contribution in [3.8, 4) is 5.75 Å². The van der Waals surface area contributed by atoms with Gasteiger partial charge in [-0.3, -0.25) is 4.79 Å². The SMILES string of the molecule is COc1ccccc1NC(=O)c1ccc(CSc2nc3ccccc3o2)cc1. The van der Waals surface area contributed by atoms with E-state index in [4.69, 9.17) is 9.15 Å². The number of hydrogen-bond donors (Lipinski definition) is 1. The molecule has 140 valence electrons. The largest absolute Gasteiger partial charge is 0.495 e. The molecule has 5 nitrogen and oxygen atoms in total. The average Bonchev–Trinajstić information content (AvgIpc) is 3.16. The molecule has 0 saturated heterocycles. The lowest BCUT2D eigenvalue weighted by Crippen LogP contribution is -2.12. The number of hydrogen-bond acceptors (Lipinski definition) is 5.